The summed E-state index contributed by atoms with van der Waals surface area (Å²) in [5.74, 6) is 0.0708. The Labute approximate surface area is 163 Å². The van der Waals surface area contributed by atoms with Crippen molar-refractivity contribution in [2.75, 3.05) is 20.3 Å². The Bertz CT molecular complexity index is 788. The second-order valence-corrected chi connectivity index (χ2v) is 7.35. The zero-order valence-electron chi connectivity index (χ0n) is 15.6. The number of benzene rings is 1. The Hall–Kier alpha value is -2.41. The highest BCUT2D eigenvalue weighted by atomic mass is 32.1. The van der Waals surface area contributed by atoms with Gasteiger partial charge in [0.1, 0.15) is 10.8 Å². The summed E-state index contributed by atoms with van der Waals surface area (Å²) in [7, 11) is 1.61. The highest BCUT2D eigenvalue weighted by molar-refractivity contribution is 7.13. The molecule has 7 heteroatoms. The Kier molecular flexibility index (Phi) is 6.45. The average molecular weight is 388 g/mol. The predicted octanol–water partition coefficient (Wildman–Crippen LogP) is 3.77. The largest absolute Gasteiger partial charge is 0.497 e. The van der Waals surface area contributed by atoms with Crippen LogP contribution in [0.4, 0.5) is 0 Å². The Morgan fingerprint density at radius 1 is 1.26 bits per heavy atom. The van der Waals surface area contributed by atoms with Gasteiger partial charge in [0, 0.05) is 23.5 Å². The number of hydrogen-bond donors (Lipinski definition) is 0. The number of carbonyl (C=O) groups excluding carboxylic acids is 2. The van der Waals surface area contributed by atoms with Gasteiger partial charge < -0.3 is 14.4 Å². The quantitative estimate of drug-likeness (QED) is 0.705. The van der Waals surface area contributed by atoms with Crippen molar-refractivity contribution >= 4 is 23.2 Å². The van der Waals surface area contributed by atoms with Gasteiger partial charge in [-0.2, -0.15) is 0 Å². The molecule has 1 aromatic carbocycles. The lowest BCUT2D eigenvalue weighted by atomic mass is 10.00. The van der Waals surface area contributed by atoms with Crippen LogP contribution in [-0.2, 0) is 9.53 Å². The van der Waals surface area contributed by atoms with Gasteiger partial charge >= 0.3 is 5.97 Å². The molecule has 1 aliphatic rings. The van der Waals surface area contributed by atoms with Crippen molar-refractivity contribution in [1.82, 2.24) is 9.88 Å². The second kappa shape index (κ2) is 8.99. The first-order chi connectivity index (χ1) is 13.1. The number of nitrogens with zero attached hydrogens (tertiary/aromatic N) is 2. The van der Waals surface area contributed by atoms with Gasteiger partial charge in [-0.05, 0) is 49.9 Å². The third-order valence-corrected chi connectivity index (χ3v) is 5.69. The van der Waals surface area contributed by atoms with Crippen LogP contribution in [0, 0.1) is 0 Å². The molecule has 27 heavy (non-hydrogen) atoms. The number of ether oxygens (including phenoxy) is 2. The number of aromatic nitrogens is 1. The summed E-state index contributed by atoms with van der Waals surface area (Å²) in [5, 5.41) is 2.38. The molecule has 1 saturated heterocycles. The van der Waals surface area contributed by atoms with Crippen LogP contribution in [0.3, 0.4) is 0 Å². The third-order valence-electron chi connectivity index (χ3n) is 4.80. The van der Waals surface area contributed by atoms with Crippen molar-refractivity contribution in [3.8, 4) is 16.3 Å². The molecular formula is C20H24N2O4S. The number of amides is 1. The van der Waals surface area contributed by atoms with Crippen molar-refractivity contribution in [2.45, 2.75) is 38.6 Å². The maximum Gasteiger partial charge on any atom is 0.358 e. The van der Waals surface area contributed by atoms with E-state index in [1.165, 1.54) is 11.3 Å². The molecule has 1 aliphatic heterocycles. The summed E-state index contributed by atoms with van der Waals surface area (Å²) in [5.41, 5.74) is 1.12. The number of carbonyl (C=O) groups is 2. The lowest BCUT2D eigenvalue weighted by Gasteiger charge is -2.35. The smallest absolute Gasteiger partial charge is 0.358 e. The van der Waals surface area contributed by atoms with Crippen molar-refractivity contribution in [3.05, 3.63) is 35.3 Å². The Morgan fingerprint density at radius 3 is 2.74 bits per heavy atom. The van der Waals surface area contributed by atoms with Crippen LogP contribution >= 0.6 is 11.3 Å². The summed E-state index contributed by atoms with van der Waals surface area (Å²) in [6.45, 7) is 2.59. The highest BCUT2D eigenvalue weighted by Crippen LogP contribution is 2.26. The maximum absolute atomic E-state index is 12.4. The van der Waals surface area contributed by atoms with Gasteiger partial charge in [-0.3, -0.25) is 4.79 Å². The monoisotopic (exact) mass is 388 g/mol. The standard InChI is InChI=1S/C20H24N2O4S/c1-3-15-6-4-5-11-22(15)18(23)12-26-20(24)17-13-27-19(21-17)14-7-9-16(25-2)10-8-14/h7-10,13,15H,3-6,11-12H2,1-2H3/t15-/m0/s1. The number of methoxy groups -OCH3 is 1. The minimum absolute atomic E-state index is 0.125. The molecule has 3 rings (SSSR count). The van der Waals surface area contributed by atoms with Gasteiger partial charge in [0.05, 0.1) is 7.11 Å². The molecule has 0 bridgehead atoms. The number of piperidine rings is 1. The van der Waals surface area contributed by atoms with Crippen LogP contribution in [0.2, 0.25) is 0 Å². The Morgan fingerprint density at radius 2 is 2.04 bits per heavy atom. The third kappa shape index (κ3) is 4.66. The molecule has 0 radical (unpaired) electrons. The van der Waals surface area contributed by atoms with Crippen LogP contribution in [0.15, 0.2) is 29.6 Å². The minimum atomic E-state index is -0.565. The zero-order chi connectivity index (χ0) is 19.2. The minimum Gasteiger partial charge on any atom is -0.497 e. The average Bonchev–Trinajstić information content (AvgIpc) is 3.22. The molecule has 0 unspecified atom stereocenters. The molecule has 1 fully saturated rings. The first kappa shape index (κ1) is 19.4. The van der Waals surface area contributed by atoms with Gasteiger partial charge in [-0.15, -0.1) is 11.3 Å². The fourth-order valence-electron chi connectivity index (χ4n) is 3.27. The molecular weight excluding hydrogens is 364 g/mol. The van der Waals surface area contributed by atoms with E-state index in [1.54, 1.807) is 12.5 Å². The van der Waals surface area contributed by atoms with Gasteiger partial charge in [-0.1, -0.05) is 6.92 Å². The van der Waals surface area contributed by atoms with Crippen LogP contribution in [0.25, 0.3) is 10.6 Å². The van der Waals surface area contributed by atoms with E-state index in [0.717, 1.165) is 48.5 Å². The summed E-state index contributed by atoms with van der Waals surface area (Å²) < 4.78 is 10.4. The first-order valence-corrected chi connectivity index (χ1v) is 10.1. The summed E-state index contributed by atoms with van der Waals surface area (Å²) in [4.78, 5) is 30.9. The predicted molar refractivity (Wildman–Crippen MR) is 104 cm³/mol. The van der Waals surface area contributed by atoms with Crippen molar-refractivity contribution in [3.63, 3.8) is 0 Å². The number of esters is 1. The van der Waals surface area contributed by atoms with E-state index in [1.807, 2.05) is 29.2 Å². The van der Waals surface area contributed by atoms with Crippen molar-refractivity contribution in [2.24, 2.45) is 0 Å². The van der Waals surface area contributed by atoms with Gasteiger partial charge in [0.2, 0.25) is 0 Å². The normalized spacial score (nSPS) is 16.8. The van der Waals surface area contributed by atoms with E-state index >= 15 is 0 Å². The van der Waals surface area contributed by atoms with E-state index in [9.17, 15) is 9.59 Å². The van der Waals surface area contributed by atoms with E-state index in [4.69, 9.17) is 9.47 Å². The van der Waals surface area contributed by atoms with Gasteiger partial charge in [-0.25, -0.2) is 9.78 Å². The molecule has 1 atom stereocenters. The molecule has 1 aromatic heterocycles. The van der Waals surface area contributed by atoms with E-state index in [0.29, 0.717) is 0 Å². The lowest BCUT2D eigenvalue weighted by molar-refractivity contribution is -0.138. The van der Waals surface area contributed by atoms with E-state index in [2.05, 4.69) is 11.9 Å². The molecule has 0 spiro atoms. The summed E-state index contributed by atoms with van der Waals surface area (Å²) >= 11 is 1.36. The number of hydrogen-bond acceptors (Lipinski definition) is 6. The molecule has 0 saturated carbocycles. The highest BCUT2D eigenvalue weighted by Gasteiger charge is 2.26. The number of rotatable bonds is 6. The number of thiazole rings is 1. The van der Waals surface area contributed by atoms with E-state index < -0.39 is 5.97 Å². The SMILES string of the molecule is CC[C@H]1CCCCN1C(=O)COC(=O)c1csc(-c2ccc(OC)cc2)n1. The topological polar surface area (TPSA) is 68.7 Å². The van der Waals surface area contributed by atoms with E-state index in [-0.39, 0.29) is 24.2 Å². The molecule has 0 N–H and O–H groups in total. The molecule has 1 amide bonds. The van der Waals surface area contributed by atoms with Gasteiger partial charge in [0.15, 0.2) is 12.3 Å². The van der Waals surface area contributed by atoms with Crippen LogP contribution in [0.5, 0.6) is 5.75 Å². The fourth-order valence-corrected chi connectivity index (χ4v) is 4.07. The Balaban J connectivity index is 1.58. The van der Waals surface area contributed by atoms with Crippen molar-refractivity contribution in [1.29, 1.82) is 0 Å². The molecule has 144 valence electrons. The molecule has 0 aliphatic carbocycles. The molecule has 2 heterocycles. The second-order valence-electron chi connectivity index (χ2n) is 6.49. The first-order valence-electron chi connectivity index (χ1n) is 9.19. The van der Waals surface area contributed by atoms with Gasteiger partial charge in [0.25, 0.3) is 5.91 Å². The molecule has 2 aromatic rings. The summed E-state index contributed by atoms with van der Waals surface area (Å²) in [6.07, 6.45) is 4.10. The van der Waals surface area contributed by atoms with Crippen LogP contribution in [-0.4, -0.2) is 48.1 Å². The van der Waals surface area contributed by atoms with Crippen molar-refractivity contribution < 1.29 is 19.1 Å². The lowest BCUT2D eigenvalue weighted by Crippen LogP contribution is -2.45. The molecule has 6 nitrogen and oxygen atoms in total. The maximum atomic E-state index is 12.4. The van der Waals surface area contributed by atoms with Crippen LogP contribution < -0.4 is 4.74 Å². The summed E-state index contributed by atoms with van der Waals surface area (Å²) in [6, 6.07) is 7.72. The number of likely N-dealkylation sites (tertiary alicyclic amines) is 1. The van der Waals surface area contributed by atoms with Crippen LogP contribution in [0.1, 0.15) is 43.1 Å². The fraction of sp³-hybridized carbons (Fsp3) is 0.450. The zero-order valence-corrected chi connectivity index (χ0v) is 16.5.